The summed E-state index contributed by atoms with van der Waals surface area (Å²) in [7, 11) is 0. The smallest absolute Gasteiger partial charge is 0.270 e. The number of benzene rings is 1. The van der Waals surface area contributed by atoms with Gasteiger partial charge in [0.05, 0.1) is 10.4 Å². The van der Waals surface area contributed by atoms with Crippen molar-refractivity contribution in [2.24, 2.45) is 5.92 Å². The number of non-ortho nitro benzene ring substituents is 1. The Morgan fingerprint density at radius 1 is 1.38 bits per heavy atom. The molecule has 1 N–H and O–H groups in total. The molecule has 0 bridgehead atoms. The number of nitrogens with zero attached hydrogens (tertiary/aromatic N) is 2. The molecule has 0 radical (unpaired) electrons. The number of nitro groups is 1. The second-order valence-corrected chi connectivity index (χ2v) is 5.41. The lowest BCUT2D eigenvalue weighted by molar-refractivity contribution is -0.384. The van der Waals surface area contributed by atoms with Crippen molar-refractivity contribution in [2.45, 2.75) is 19.4 Å². The first-order valence-corrected chi connectivity index (χ1v) is 7.06. The van der Waals surface area contributed by atoms with E-state index < -0.39 is 4.92 Å². The van der Waals surface area contributed by atoms with Crippen LogP contribution in [0.15, 0.2) is 30.3 Å². The molecule has 0 saturated carbocycles. The molecule has 3 rings (SSSR count). The van der Waals surface area contributed by atoms with Crippen LogP contribution in [0.4, 0.5) is 5.69 Å². The number of pyridine rings is 1. The van der Waals surface area contributed by atoms with E-state index in [1.165, 1.54) is 12.1 Å². The third kappa shape index (κ3) is 2.95. The average Bonchev–Trinajstić information content (AvgIpc) is 2.49. The van der Waals surface area contributed by atoms with Gasteiger partial charge in [0.25, 0.3) is 5.69 Å². The molecule has 2 unspecified atom stereocenters. The molecule has 2 atom stereocenters. The summed E-state index contributed by atoms with van der Waals surface area (Å²) in [4.78, 5) is 14.8. The van der Waals surface area contributed by atoms with E-state index >= 15 is 0 Å². The summed E-state index contributed by atoms with van der Waals surface area (Å²) in [5, 5.41) is 14.8. The van der Waals surface area contributed by atoms with Gasteiger partial charge in [-0.25, -0.2) is 4.98 Å². The Balaban J connectivity index is 1.84. The highest BCUT2D eigenvalue weighted by Gasteiger charge is 2.23. The summed E-state index contributed by atoms with van der Waals surface area (Å²) in [6.45, 7) is 4.02. The fourth-order valence-corrected chi connectivity index (χ4v) is 2.55. The first-order chi connectivity index (χ1) is 10.1. The SMILES string of the molecule is CC1CCNCC1Oc1ccc2cc([N+](=O)[O-])ccc2n1. The lowest BCUT2D eigenvalue weighted by Gasteiger charge is -2.29. The van der Waals surface area contributed by atoms with Gasteiger partial charge in [0.15, 0.2) is 0 Å². The minimum absolute atomic E-state index is 0.0723. The Hall–Kier alpha value is -2.21. The monoisotopic (exact) mass is 287 g/mol. The van der Waals surface area contributed by atoms with Crippen molar-refractivity contribution in [3.63, 3.8) is 0 Å². The fraction of sp³-hybridized carbons (Fsp3) is 0.400. The predicted molar refractivity (Wildman–Crippen MR) is 79.5 cm³/mol. The zero-order chi connectivity index (χ0) is 14.8. The molecule has 1 aromatic heterocycles. The molecular formula is C15H17N3O3. The lowest BCUT2D eigenvalue weighted by Crippen LogP contribution is -2.42. The quantitative estimate of drug-likeness (QED) is 0.693. The topological polar surface area (TPSA) is 77.3 Å². The Kier molecular flexibility index (Phi) is 3.70. The van der Waals surface area contributed by atoms with E-state index in [9.17, 15) is 10.1 Å². The molecule has 0 amide bonds. The number of ether oxygens (including phenoxy) is 1. The summed E-state index contributed by atoms with van der Waals surface area (Å²) < 4.78 is 5.95. The molecule has 0 spiro atoms. The molecule has 2 aromatic rings. The zero-order valence-electron chi connectivity index (χ0n) is 11.8. The molecule has 6 nitrogen and oxygen atoms in total. The van der Waals surface area contributed by atoms with Crippen LogP contribution >= 0.6 is 0 Å². The van der Waals surface area contributed by atoms with Crippen molar-refractivity contribution in [3.05, 3.63) is 40.4 Å². The van der Waals surface area contributed by atoms with Crippen LogP contribution in [0.25, 0.3) is 10.9 Å². The molecule has 1 saturated heterocycles. The van der Waals surface area contributed by atoms with Crippen LogP contribution in [0, 0.1) is 16.0 Å². The normalized spacial score (nSPS) is 22.1. The zero-order valence-corrected chi connectivity index (χ0v) is 11.8. The van der Waals surface area contributed by atoms with Crippen LogP contribution < -0.4 is 10.1 Å². The Labute approximate surface area is 122 Å². The van der Waals surface area contributed by atoms with E-state index in [0.29, 0.717) is 17.3 Å². The maximum absolute atomic E-state index is 10.8. The highest BCUT2D eigenvalue weighted by atomic mass is 16.6. The van der Waals surface area contributed by atoms with Crippen LogP contribution in [0.3, 0.4) is 0 Å². The van der Waals surface area contributed by atoms with Crippen LogP contribution in [-0.4, -0.2) is 29.1 Å². The molecule has 1 aliphatic heterocycles. The minimum atomic E-state index is -0.404. The molecule has 21 heavy (non-hydrogen) atoms. The number of hydrogen-bond donors (Lipinski definition) is 1. The lowest BCUT2D eigenvalue weighted by atomic mass is 9.97. The van der Waals surface area contributed by atoms with Crippen molar-refractivity contribution >= 4 is 16.6 Å². The highest BCUT2D eigenvalue weighted by molar-refractivity contribution is 5.81. The van der Waals surface area contributed by atoms with Crippen molar-refractivity contribution < 1.29 is 9.66 Å². The number of nitrogens with one attached hydrogen (secondary N) is 1. The molecule has 2 heterocycles. The van der Waals surface area contributed by atoms with Gasteiger partial charge in [-0.3, -0.25) is 10.1 Å². The summed E-state index contributed by atoms with van der Waals surface area (Å²) in [6, 6.07) is 8.22. The van der Waals surface area contributed by atoms with Gasteiger partial charge in [-0.15, -0.1) is 0 Å². The third-order valence-electron chi connectivity index (χ3n) is 3.89. The molecular weight excluding hydrogens is 270 g/mol. The molecule has 6 heteroatoms. The number of aromatic nitrogens is 1. The van der Waals surface area contributed by atoms with Gasteiger partial charge in [-0.1, -0.05) is 6.92 Å². The van der Waals surface area contributed by atoms with Crippen LogP contribution in [-0.2, 0) is 0 Å². The summed E-state index contributed by atoms with van der Waals surface area (Å²) >= 11 is 0. The van der Waals surface area contributed by atoms with E-state index in [-0.39, 0.29) is 11.8 Å². The van der Waals surface area contributed by atoms with E-state index in [2.05, 4.69) is 17.2 Å². The van der Waals surface area contributed by atoms with Crippen LogP contribution in [0.1, 0.15) is 13.3 Å². The van der Waals surface area contributed by atoms with E-state index in [1.54, 1.807) is 12.1 Å². The van der Waals surface area contributed by atoms with Crippen molar-refractivity contribution in [3.8, 4) is 5.88 Å². The number of nitro benzene ring substituents is 1. The molecule has 0 aliphatic carbocycles. The number of hydrogen-bond acceptors (Lipinski definition) is 5. The predicted octanol–water partition coefficient (Wildman–Crippen LogP) is 2.52. The van der Waals surface area contributed by atoms with Crippen LogP contribution in [0.2, 0.25) is 0 Å². The van der Waals surface area contributed by atoms with Crippen LogP contribution in [0.5, 0.6) is 5.88 Å². The second-order valence-electron chi connectivity index (χ2n) is 5.41. The Bertz CT molecular complexity index is 674. The maximum atomic E-state index is 10.8. The summed E-state index contributed by atoms with van der Waals surface area (Å²) in [6.07, 6.45) is 1.20. The van der Waals surface area contributed by atoms with E-state index in [1.807, 2.05) is 6.07 Å². The van der Waals surface area contributed by atoms with Crippen molar-refractivity contribution in [1.82, 2.24) is 10.3 Å². The standard InChI is InChI=1S/C15H17N3O3/c1-10-6-7-16-9-14(10)21-15-5-2-11-8-12(18(19)20)3-4-13(11)17-15/h2-5,8,10,14,16H,6-7,9H2,1H3. The van der Waals surface area contributed by atoms with Gasteiger partial charge in [0.1, 0.15) is 6.10 Å². The first-order valence-electron chi connectivity index (χ1n) is 7.06. The fourth-order valence-electron chi connectivity index (χ4n) is 2.55. The Morgan fingerprint density at radius 2 is 2.24 bits per heavy atom. The summed E-state index contributed by atoms with van der Waals surface area (Å²) in [5.74, 6) is 1.05. The highest BCUT2D eigenvalue weighted by Crippen LogP contribution is 2.24. The third-order valence-corrected chi connectivity index (χ3v) is 3.89. The van der Waals surface area contributed by atoms with Gasteiger partial charge in [-0.2, -0.15) is 0 Å². The van der Waals surface area contributed by atoms with E-state index in [4.69, 9.17) is 4.74 Å². The van der Waals surface area contributed by atoms with Gasteiger partial charge >= 0.3 is 0 Å². The average molecular weight is 287 g/mol. The molecule has 1 fully saturated rings. The van der Waals surface area contributed by atoms with Gasteiger partial charge in [0, 0.05) is 30.1 Å². The number of fused-ring (bicyclic) bond motifs is 1. The van der Waals surface area contributed by atoms with Gasteiger partial charge in [0.2, 0.25) is 5.88 Å². The summed E-state index contributed by atoms with van der Waals surface area (Å²) in [5.41, 5.74) is 0.776. The van der Waals surface area contributed by atoms with Crippen molar-refractivity contribution in [1.29, 1.82) is 0 Å². The Morgan fingerprint density at radius 3 is 3.00 bits per heavy atom. The minimum Gasteiger partial charge on any atom is -0.473 e. The molecule has 1 aliphatic rings. The van der Waals surface area contributed by atoms with E-state index in [0.717, 1.165) is 24.9 Å². The number of rotatable bonds is 3. The number of piperidine rings is 1. The van der Waals surface area contributed by atoms with Crippen molar-refractivity contribution in [2.75, 3.05) is 13.1 Å². The largest absolute Gasteiger partial charge is 0.473 e. The van der Waals surface area contributed by atoms with Gasteiger partial charge < -0.3 is 10.1 Å². The van der Waals surface area contributed by atoms with Gasteiger partial charge in [-0.05, 0) is 31.0 Å². The molecule has 1 aromatic carbocycles. The first kappa shape index (κ1) is 13.8. The molecule has 110 valence electrons. The maximum Gasteiger partial charge on any atom is 0.270 e. The second kappa shape index (κ2) is 5.65.